The van der Waals surface area contributed by atoms with Crippen molar-refractivity contribution in [3.8, 4) is 0 Å². The van der Waals surface area contributed by atoms with Crippen LogP contribution < -0.4 is 5.73 Å². The van der Waals surface area contributed by atoms with Crippen molar-refractivity contribution < 1.29 is 13.5 Å². The van der Waals surface area contributed by atoms with Crippen LogP contribution in [0.4, 0.5) is 8.78 Å². The van der Waals surface area contributed by atoms with E-state index in [0.29, 0.717) is 18.7 Å². The maximum Gasteiger partial charge on any atom is 0.126 e. The van der Waals surface area contributed by atoms with Gasteiger partial charge in [-0.1, -0.05) is 0 Å². The molecule has 20 heavy (non-hydrogen) atoms. The lowest BCUT2D eigenvalue weighted by Crippen LogP contribution is -2.33. The molecule has 1 fully saturated rings. The SMILES string of the molecule is COCCN1CCC(N)C1c1cc(F)cc(F)c1.Cl.Cl. The minimum atomic E-state index is -0.559. The average Bonchev–Trinajstić information content (AvgIpc) is 2.66. The molecule has 116 valence electrons. The molecular weight excluding hydrogens is 309 g/mol. The van der Waals surface area contributed by atoms with E-state index in [2.05, 4.69) is 4.90 Å². The summed E-state index contributed by atoms with van der Waals surface area (Å²) in [7, 11) is 1.63. The van der Waals surface area contributed by atoms with E-state index >= 15 is 0 Å². The van der Waals surface area contributed by atoms with E-state index in [4.69, 9.17) is 10.5 Å². The van der Waals surface area contributed by atoms with Crippen LogP contribution in [0.3, 0.4) is 0 Å². The third-order valence-electron chi connectivity index (χ3n) is 3.36. The van der Waals surface area contributed by atoms with Gasteiger partial charge in [-0.3, -0.25) is 4.90 Å². The summed E-state index contributed by atoms with van der Waals surface area (Å²) < 4.78 is 31.6. The van der Waals surface area contributed by atoms with Crippen molar-refractivity contribution in [1.29, 1.82) is 0 Å². The Balaban J connectivity index is 0.00000180. The summed E-state index contributed by atoms with van der Waals surface area (Å²) in [5, 5.41) is 0. The van der Waals surface area contributed by atoms with Crippen molar-refractivity contribution >= 4 is 24.8 Å². The molecule has 1 aliphatic rings. The van der Waals surface area contributed by atoms with Crippen molar-refractivity contribution in [2.45, 2.75) is 18.5 Å². The van der Waals surface area contributed by atoms with Crippen LogP contribution in [0.1, 0.15) is 18.0 Å². The first-order valence-corrected chi connectivity index (χ1v) is 6.06. The van der Waals surface area contributed by atoms with Crippen molar-refractivity contribution in [3.63, 3.8) is 0 Å². The highest BCUT2D eigenvalue weighted by atomic mass is 35.5. The van der Waals surface area contributed by atoms with Gasteiger partial charge in [-0.05, 0) is 24.1 Å². The zero-order chi connectivity index (χ0) is 13.1. The van der Waals surface area contributed by atoms with Gasteiger partial charge in [-0.2, -0.15) is 0 Å². The Hall–Kier alpha value is -0.460. The van der Waals surface area contributed by atoms with E-state index < -0.39 is 11.6 Å². The Labute approximate surface area is 130 Å². The van der Waals surface area contributed by atoms with Crippen LogP contribution in [0, 0.1) is 11.6 Å². The Kier molecular flexibility index (Phi) is 8.54. The Morgan fingerprint density at radius 3 is 2.40 bits per heavy atom. The molecular formula is C13H20Cl2F2N2O. The number of hydrogen-bond donors (Lipinski definition) is 1. The van der Waals surface area contributed by atoms with Gasteiger partial charge in [0.15, 0.2) is 0 Å². The van der Waals surface area contributed by atoms with Gasteiger partial charge in [0.2, 0.25) is 0 Å². The smallest absolute Gasteiger partial charge is 0.126 e. The van der Waals surface area contributed by atoms with Crippen molar-refractivity contribution in [3.05, 3.63) is 35.4 Å². The second-order valence-corrected chi connectivity index (χ2v) is 4.63. The van der Waals surface area contributed by atoms with Gasteiger partial charge in [0.25, 0.3) is 0 Å². The van der Waals surface area contributed by atoms with Crippen molar-refractivity contribution in [1.82, 2.24) is 4.90 Å². The van der Waals surface area contributed by atoms with Gasteiger partial charge in [0.05, 0.1) is 12.6 Å². The third-order valence-corrected chi connectivity index (χ3v) is 3.36. The highest BCUT2D eigenvalue weighted by molar-refractivity contribution is 5.85. The van der Waals surface area contributed by atoms with E-state index in [0.717, 1.165) is 19.0 Å². The van der Waals surface area contributed by atoms with E-state index in [1.807, 2.05) is 0 Å². The molecule has 0 amide bonds. The predicted octanol–water partition coefficient (Wildman–Crippen LogP) is 2.53. The summed E-state index contributed by atoms with van der Waals surface area (Å²) in [6.07, 6.45) is 0.826. The van der Waals surface area contributed by atoms with Gasteiger partial charge in [-0.25, -0.2) is 8.78 Å². The number of halogens is 4. The van der Waals surface area contributed by atoms with Crippen molar-refractivity contribution in [2.24, 2.45) is 5.73 Å². The topological polar surface area (TPSA) is 38.5 Å². The largest absolute Gasteiger partial charge is 0.383 e. The molecule has 0 bridgehead atoms. The molecule has 2 rings (SSSR count). The monoisotopic (exact) mass is 328 g/mol. The Morgan fingerprint density at radius 1 is 1.25 bits per heavy atom. The van der Waals surface area contributed by atoms with Crippen LogP contribution >= 0.6 is 24.8 Å². The molecule has 1 aromatic carbocycles. The first-order chi connectivity index (χ1) is 8.61. The number of nitrogens with two attached hydrogens (primary N) is 1. The van der Waals surface area contributed by atoms with E-state index in [-0.39, 0.29) is 36.9 Å². The average molecular weight is 329 g/mol. The first-order valence-electron chi connectivity index (χ1n) is 6.06. The molecule has 2 N–H and O–H groups in total. The number of benzene rings is 1. The molecule has 0 radical (unpaired) electrons. The molecule has 0 aliphatic carbocycles. The van der Waals surface area contributed by atoms with Crippen LogP contribution in [0.15, 0.2) is 18.2 Å². The Morgan fingerprint density at radius 2 is 1.85 bits per heavy atom. The molecule has 0 spiro atoms. The fourth-order valence-corrected chi connectivity index (χ4v) is 2.55. The maximum absolute atomic E-state index is 13.3. The minimum Gasteiger partial charge on any atom is -0.383 e. The highest BCUT2D eigenvalue weighted by Gasteiger charge is 2.33. The lowest BCUT2D eigenvalue weighted by molar-refractivity contribution is 0.139. The number of methoxy groups -OCH3 is 1. The van der Waals surface area contributed by atoms with Gasteiger partial charge in [0, 0.05) is 32.3 Å². The normalized spacial score (nSPS) is 22.2. The molecule has 7 heteroatoms. The maximum atomic E-state index is 13.3. The first kappa shape index (κ1) is 19.5. The molecule has 1 aromatic rings. The molecule has 1 aliphatic heterocycles. The zero-order valence-electron chi connectivity index (χ0n) is 11.2. The molecule has 2 atom stereocenters. The molecule has 3 nitrogen and oxygen atoms in total. The molecule has 0 aromatic heterocycles. The third kappa shape index (κ3) is 4.53. The van der Waals surface area contributed by atoms with E-state index in [9.17, 15) is 8.78 Å². The van der Waals surface area contributed by atoms with Crippen LogP contribution in [0.5, 0.6) is 0 Å². The number of nitrogens with zero attached hydrogens (tertiary/aromatic N) is 1. The molecule has 2 unspecified atom stereocenters. The van der Waals surface area contributed by atoms with E-state index in [1.165, 1.54) is 12.1 Å². The van der Waals surface area contributed by atoms with Crippen LogP contribution in [0.25, 0.3) is 0 Å². The van der Waals surface area contributed by atoms with Crippen LogP contribution in [-0.4, -0.2) is 37.7 Å². The second kappa shape index (κ2) is 8.74. The summed E-state index contributed by atoms with van der Waals surface area (Å²) >= 11 is 0. The molecule has 1 saturated heterocycles. The quantitative estimate of drug-likeness (QED) is 0.923. The minimum absolute atomic E-state index is 0. The van der Waals surface area contributed by atoms with Crippen LogP contribution in [0.2, 0.25) is 0 Å². The standard InChI is InChI=1S/C13H18F2N2O.2ClH/c1-18-5-4-17-3-2-12(16)13(17)9-6-10(14)8-11(15)7-9;;/h6-8,12-13H,2-5,16H2,1H3;2*1H. The summed E-state index contributed by atoms with van der Waals surface area (Å²) in [5.74, 6) is -1.12. The van der Waals surface area contributed by atoms with Gasteiger partial charge in [-0.15, -0.1) is 24.8 Å². The summed E-state index contributed by atoms with van der Waals surface area (Å²) in [6.45, 7) is 2.13. The summed E-state index contributed by atoms with van der Waals surface area (Å²) in [5.41, 5.74) is 6.65. The number of hydrogen-bond acceptors (Lipinski definition) is 3. The molecule has 1 heterocycles. The number of likely N-dealkylation sites (tertiary alicyclic amines) is 1. The molecule has 0 saturated carbocycles. The predicted molar refractivity (Wildman–Crippen MR) is 79.6 cm³/mol. The fraction of sp³-hybridized carbons (Fsp3) is 0.538. The van der Waals surface area contributed by atoms with Crippen LogP contribution in [-0.2, 0) is 4.74 Å². The fourth-order valence-electron chi connectivity index (χ4n) is 2.55. The van der Waals surface area contributed by atoms with Gasteiger partial charge < -0.3 is 10.5 Å². The zero-order valence-corrected chi connectivity index (χ0v) is 12.9. The Bertz CT molecular complexity index is 403. The lowest BCUT2D eigenvalue weighted by Gasteiger charge is -2.26. The number of ether oxygens (including phenoxy) is 1. The van der Waals surface area contributed by atoms with Gasteiger partial charge in [0.1, 0.15) is 11.6 Å². The highest BCUT2D eigenvalue weighted by Crippen LogP contribution is 2.31. The summed E-state index contributed by atoms with van der Waals surface area (Å²) in [4.78, 5) is 2.11. The summed E-state index contributed by atoms with van der Waals surface area (Å²) in [6, 6.07) is 3.37. The second-order valence-electron chi connectivity index (χ2n) is 4.63. The van der Waals surface area contributed by atoms with Gasteiger partial charge >= 0.3 is 0 Å². The lowest BCUT2D eigenvalue weighted by atomic mass is 10.0. The van der Waals surface area contributed by atoms with E-state index in [1.54, 1.807) is 7.11 Å². The van der Waals surface area contributed by atoms with Crippen molar-refractivity contribution in [2.75, 3.05) is 26.8 Å². The number of rotatable bonds is 4.